The monoisotopic (exact) mass is 341 g/mol. The minimum Gasteiger partial charge on any atom is -0.478 e. The van der Waals surface area contributed by atoms with Gasteiger partial charge in [-0.3, -0.25) is 0 Å². The molecule has 0 aliphatic carbocycles. The molecule has 1 aromatic carbocycles. The van der Waals surface area contributed by atoms with Crippen LogP contribution < -0.4 is 11.1 Å². The molecule has 7 heteroatoms. The first-order chi connectivity index (χ1) is 8.97. The summed E-state index contributed by atoms with van der Waals surface area (Å²) in [6, 6.07) is 6.67. The standard InChI is InChI=1S/C12H9BrClN3O2/c13-6-1-2-9(8(14)3-6)17-10-4-11(15)16-5-7(10)12(18)19/h1-5H,(H,18,19)(H3,15,16,17). The second kappa shape index (κ2) is 5.46. The first-order valence-corrected chi connectivity index (χ1v) is 6.35. The molecule has 0 aliphatic rings. The molecule has 0 radical (unpaired) electrons. The Morgan fingerprint density at radius 2 is 2.11 bits per heavy atom. The second-order valence-electron chi connectivity index (χ2n) is 3.71. The van der Waals surface area contributed by atoms with Crippen molar-refractivity contribution < 1.29 is 9.90 Å². The molecule has 0 spiro atoms. The molecule has 0 bridgehead atoms. The average molecular weight is 343 g/mol. The molecule has 0 saturated heterocycles. The van der Waals surface area contributed by atoms with E-state index in [1.54, 1.807) is 18.2 Å². The molecular weight excluding hydrogens is 334 g/mol. The Morgan fingerprint density at radius 3 is 2.74 bits per heavy atom. The SMILES string of the molecule is Nc1cc(Nc2ccc(Br)cc2Cl)c(C(=O)O)cn1. The van der Waals surface area contributed by atoms with Crippen LogP contribution in [0.5, 0.6) is 0 Å². The van der Waals surface area contributed by atoms with Gasteiger partial charge in [-0.15, -0.1) is 0 Å². The average Bonchev–Trinajstić information content (AvgIpc) is 2.32. The summed E-state index contributed by atoms with van der Waals surface area (Å²) >= 11 is 9.36. The lowest BCUT2D eigenvalue weighted by atomic mass is 10.2. The third-order valence-corrected chi connectivity index (χ3v) is 3.16. The maximum absolute atomic E-state index is 11.1. The molecule has 2 rings (SSSR count). The van der Waals surface area contributed by atoms with Crippen LogP contribution in [-0.4, -0.2) is 16.1 Å². The lowest BCUT2D eigenvalue weighted by molar-refractivity contribution is 0.0697. The second-order valence-corrected chi connectivity index (χ2v) is 5.03. The van der Waals surface area contributed by atoms with Crippen molar-refractivity contribution in [2.45, 2.75) is 0 Å². The van der Waals surface area contributed by atoms with Gasteiger partial charge in [0.2, 0.25) is 0 Å². The van der Waals surface area contributed by atoms with Gasteiger partial charge >= 0.3 is 5.97 Å². The van der Waals surface area contributed by atoms with Crippen LogP contribution in [0, 0.1) is 0 Å². The predicted molar refractivity (Wildman–Crippen MR) is 78.0 cm³/mol. The first-order valence-electron chi connectivity index (χ1n) is 5.18. The molecule has 2 aromatic rings. The van der Waals surface area contributed by atoms with Gasteiger partial charge < -0.3 is 16.2 Å². The molecule has 1 aromatic heterocycles. The number of aromatic carboxylic acids is 1. The Kier molecular flexibility index (Phi) is 3.92. The van der Waals surface area contributed by atoms with Crippen molar-refractivity contribution in [1.82, 2.24) is 4.98 Å². The summed E-state index contributed by atoms with van der Waals surface area (Å²) in [6.45, 7) is 0. The topological polar surface area (TPSA) is 88.2 Å². The van der Waals surface area contributed by atoms with Gasteiger partial charge in [-0.25, -0.2) is 9.78 Å². The Labute approximate surface area is 122 Å². The third-order valence-electron chi connectivity index (χ3n) is 2.36. The molecule has 0 atom stereocenters. The van der Waals surface area contributed by atoms with Crippen LogP contribution in [0.3, 0.4) is 0 Å². The van der Waals surface area contributed by atoms with E-state index in [0.717, 1.165) is 4.47 Å². The number of hydrogen-bond acceptors (Lipinski definition) is 4. The molecule has 0 aliphatic heterocycles. The summed E-state index contributed by atoms with van der Waals surface area (Å²) in [6.07, 6.45) is 1.20. The van der Waals surface area contributed by atoms with Crippen LogP contribution in [0.1, 0.15) is 10.4 Å². The van der Waals surface area contributed by atoms with Crippen LogP contribution >= 0.6 is 27.5 Å². The molecule has 0 amide bonds. The van der Waals surface area contributed by atoms with Crippen molar-refractivity contribution in [3.05, 3.63) is 45.5 Å². The normalized spacial score (nSPS) is 10.2. The van der Waals surface area contributed by atoms with Crippen LogP contribution in [0.2, 0.25) is 5.02 Å². The summed E-state index contributed by atoms with van der Waals surface area (Å²) in [5.74, 6) is -0.871. The number of carboxylic acid groups (broad SMARTS) is 1. The minimum absolute atomic E-state index is 0.0215. The van der Waals surface area contributed by atoms with Gasteiger partial charge in [0.15, 0.2) is 0 Å². The number of carboxylic acids is 1. The Hall–Kier alpha value is -1.79. The van der Waals surface area contributed by atoms with E-state index in [-0.39, 0.29) is 11.4 Å². The van der Waals surface area contributed by atoms with Crippen LogP contribution in [0.4, 0.5) is 17.2 Å². The molecule has 19 heavy (non-hydrogen) atoms. The van der Waals surface area contributed by atoms with Crippen molar-refractivity contribution in [3.63, 3.8) is 0 Å². The zero-order valence-electron chi connectivity index (χ0n) is 9.52. The van der Waals surface area contributed by atoms with E-state index in [1.807, 2.05) is 0 Å². The molecule has 0 unspecified atom stereocenters. The number of halogens is 2. The number of nitrogens with zero attached hydrogens (tertiary/aromatic N) is 1. The van der Waals surface area contributed by atoms with E-state index >= 15 is 0 Å². The smallest absolute Gasteiger partial charge is 0.339 e. The molecule has 4 N–H and O–H groups in total. The summed E-state index contributed by atoms with van der Waals surface area (Å²) in [5, 5.41) is 12.5. The number of nitrogens with one attached hydrogen (secondary N) is 1. The van der Waals surface area contributed by atoms with E-state index in [1.165, 1.54) is 12.3 Å². The highest BCUT2D eigenvalue weighted by atomic mass is 79.9. The Bertz CT molecular complexity index is 649. The van der Waals surface area contributed by atoms with Gasteiger partial charge in [0.25, 0.3) is 0 Å². The van der Waals surface area contributed by atoms with Crippen LogP contribution in [0.15, 0.2) is 34.9 Å². The lowest BCUT2D eigenvalue weighted by Crippen LogP contribution is -2.05. The minimum atomic E-state index is -1.09. The maximum atomic E-state index is 11.1. The number of nitrogen functional groups attached to an aromatic ring is 1. The summed E-state index contributed by atoms with van der Waals surface area (Å²) < 4.78 is 0.829. The van der Waals surface area contributed by atoms with Crippen molar-refractivity contribution in [3.8, 4) is 0 Å². The van der Waals surface area contributed by atoms with Gasteiger partial charge in [0.1, 0.15) is 11.4 Å². The lowest BCUT2D eigenvalue weighted by Gasteiger charge is -2.11. The molecule has 1 heterocycles. The van der Waals surface area contributed by atoms with Gasteiger partial charge in [-0.1, -0.05) is 27.5 Å². The molecule has 0 saturated carbocycles. The molecule has 98 valence electrons. The predicted octanol–water partition coefficient (Wildman–Crippen LogP) is 3.52. The number of hydrogen-bond donors (Lipinski definition) is 3. The fourth-order valence-corrected chi connectivity index (χ4v) is 2.20. The number of nitrogens with two attached hydrogens (primary N) is 1. The number of aromatic nitrogens is 1. The first kappa shape index (κ1) is 13.6. The van der Waals surface area contributed by atoms with E-state index in [2.05, 4.69) is 26.2 Å². The Balaban J connectivity index is 2.42. The van der Waals surface area contributed by atoms with E-state index in [0.29, 0.717) is 16.4 Å². The van der Waals surface area contributed by atoms with Gasteiger partial charge in [0, 0.05) is 16.7 Å². The fourth-order valence-electron chi connectivity index (χ4n) is 1.48. The highest BCUT2D eigenvalue weighted by molar-refractivity contribution is 9.10. The van der Waals surface area contributed by atoms with Crippen molar-refractivity contribution in [2.24, 2.45) is 0 Å². The van der Waals surface area contributed by atoms with Crippen molar-refractivity contribution in [2.75, 3.05) is 11.1 Å². The number of carbonyl (C=O) groups is 1. The summed E-state index contributed by atoms with van der Waals surface area (Å²) in [7, 11) is 0. The van der Waals surface area contributed by atoms with Gasteiger partial charge in [-0.2, -0.15) is 0 Å². The third kappa shape index (κ3) is 3.15. The number of anilines is 3. The number of benzene rings is 1. The quantitative estimate of drug-likeness (QED) is 0.794. The highest BCUT2D eigenvalue weighted by Crippen LogP contribution is 2.30. The summed E-state index contributed by atoms with van der Waals surface area (Å²) in [4.78, 5) is 14.9. The van der Waals surface area contributed by atoms with Gasteiger partial charge in [-0.05, 0) is 18.2 Å². The van der Waals surface area contributed by atoms with E-state index in [4.69, 9.17) is 22.4 Å². The van der Waals surface area contributed by atoms with Crippen LogP contribution in [-0.2, 0) is 0 Å². The van der Waals surface area contributed by atoms with E-state index < -0.39 is 5.97 Å². The zero-order chi connectivity index (χ0) is 14.0. The van der Waals surface area contributed by atoms with Crippen LogP contribution in [0.25, 0.3) is 0 Å². The highest BCUT2D eigenvalue weighted by Gasteiger charge is 2.12. The molecule has 0 fully saturated rings. The van der Waals surface area contributed by atoms with Gasteiger partial charge in [0.05, 0.1) is 16.4 Å². The molecular formula is C12H9BrClN3O2. The number of rotatable bonds is 3. The fraction of sp³-hybridized carbons (Fsp3) is 0. The maximum Gasteiger partial charge on any atom is 0.339 e. The summed E-state index contributed by atoms with van der Waals surface area (Å²) in [5.41, 5.74) is 6.50. The van der Waals surface area contributed by atoms with E-state index in [9.17, 15) is 4.79 Å². The van der Waals surface area contributed by atoms with Crippen molar-refractivity contribution in [1.29, 1.82) is 0 Å². The number of pyridine rings is 1. The molecule has 5 nitrogen and oxygen atoms in total. The zero-order valence-corrected chi connectivity index (χ0v) is 11.9. The largest absolute Gasteiger partial charge is 0.478 e. The Morgan fingerprint density at radius 1 is 1.37 bits per heavy atom. The van der Waals surface area contributed by atoms with Crippen molar-refractivity contribution >= 4 is 50.7 Å².